The smallest absolute Gasteiger partial charge is 0.305 e. The van der Waals surface area contributed by atoms with E-state index in [-0.39, 0.29) is 48.9 Å². The van der Waals surface area contributed by atoms with E-state index >= 15 is 4.79 Å². The number of hydrogen-bond acceptors (Lipinski definition) is 12. The van der Waals surface area contributed by atoms with Gasteiger partial charge in [0.1, 0.15) is 5.75 Å². The molecule has 3 aliphatic rings. The van der Waals surface area contributed by atoms with Gasteiger partial charge in [0.05, 0.1) is 55.5 Å². The lowest BCUT2D eigenvalue weighted by atomic mass is 9.82. The molecule has 1 saturated heterocycles. The van der Waals surface area contributed by atoms with Crippen molar-refractivity contribution < 1.29 is 43.6 Å². The molecular formula is C47H62N6O9Si. The summed E-state index contributed by atoms with van der Waals surface area (Å²) in [5, 5.41) is 31.9. The number of ether oxygens (including phenoxy) is 3. The summed E-state index contributed by atoms with van der Waals surface area (Å²) in [5.74, 6) is -0.790. The van der Waals surface area contributed by atoms with E-state index in [1.54, 1.807) is 14.5 Å². The molecule has 3 aromatic carbocycles. The van der Waals surface area contributed by atoms with Gasteiger partial charge in [-0.25, -0.2) is 0 Å². The highest BCUT2D eigenvalue weighted by Crippen LogP contribution is 2.60. The summed E-state index contributed by atoms with van der Waals surface area (Å²) in [6.45, 7) is 9.41. The molecule has 1 aromatic heterocycles. The van der Waals surface area contributed by atoms with Crippen molar-refractivity contribution in [1.82, 2.24) is 20.3 Å². The van der Waals surface area contributed by atoms with Crippen LogP contribution >= 0.6 is 0 Å². The second-order valence-electron chi connectivity index (χ2n) is 17.4. The van der Waals surface area contributed by atoms with Crippen molar-refractivity contribution >= 4 is 43.2 Å². The Morgan fingerprint density at radius 3 is 2.51 bits per heavy atom. The number of aryl methyl sites for hydroxylation is 1. The number of carbonyl (C=O) groups excluding carboxylic acids is 3. The Morgan fingerprint density at radius 1 is 1.02 bits per heavy atom. The van der Waals surface area contributed by atoms with Crippen LogP contribution in [0.25, 0.3) is 0 Å². The van der Waals surface area contributed by atoms with Crippen LogP contribution in [0, 0.1) is 5.92 Å². The molecule has 338 valence electrons. The highest BCUT2D eigenvalue weighted by molar-refractivity contribution is 6.71. The molecule has 3 aliphatic heterocycles. The van der Waals surface area contributed by atoms with Crippen LogP contribution in [0.2, 0.25) is 18.6 Å². The van der Waals surface area contributed by atoms with E-state index in [0.717, 1.165) is 16.8 Å². The molecule has 0 bridgehead atoms. The Bertz CT molecular complexity index is 2230. The molecule has 6 atom stereocenters. The average molecular weight is 883 g/mol. The topological polar surface area (TPSA) is 189 Å². The van der Waals surface area contributed by atoms with Gasteiger partial charge in [-0.1, -0.05) is 42.5 Å². The number of benzene rings is 3. The van der Waals surface area contributed by atoms with Crippen molar-refractivity contribution in [3.05, 3.63) is 95.3 Å². The van der Waals surface area contributed by atoms with Gasteiger partial charge in [-0.15, -0.1) is 5.10 Å². The van der Waals surface area contributed by atoms with Gasteiger partial charge in [-0.05, 0) is 113 Å². The first-order chi connectivity index (χ1) is 30.4. The van der Waals surface area contributed by atoms with Gasteiger partial charge in [-0.2, -0.15) is 0 Å². The molecule has 4 N–H and O–H groups in total. The van der Waals surface area contributed by atoms with Crippen molar-refractivity contribution in [1.29, 1.82) is 0 Å². The van der Waals surface area contributed by atoms with E-state index in [1.807, 2.05) is 99.9 Å². The van der Waals surface area contributed by atoms with Crippen LogP contribution in [0.4, 0.5) is 17.1 Å². The Balaban J connectivity index is 1.26. The van der Waals surface area contributed by atoms with E-state index in [0.29, 0.717) is 93.1 Å². The first-order valence-corrected chi connectivity index (χ1v) is 25.3. The molecule has 63 heavy (non-hydrogen) atoms. The molecule has 0 aliphatic carbocycles. The van der Waals surface area contributed by atoms with E-state index in [9.17, 15) is 24.6 Å². The van der Waals surface area contributed by atoms with Gasteiger partial charge >= 0.3 is 5.97 Å². The third kappa shape index (κ3) is 9.33. The van der Waals surface area contributed by atoms with Crippen molar-refractivity contribution in [2.45, 2.75) is 108 Å². The average Bonchev–Trinajstić information content (AvgIpc) is 3.93. The van der Waals surface area contributed by atoms with Crippen molar-refractivity contribution in [3.63, 3.8) is 0 Å². The first-order valence-electron chi connectivity index (χ1n) is 22.3. The predicted molar refractivity (Wildman–Crippen MR) is 240 cm³/mol. The van der Waals surface area contributed by atoms with Crippen LogP contribution in [0.15, 0.2) is 72.9 Å². The minimum Gasteiger partial charge on any atom is -0.494 e. The quantitative estimate of drug-likeness (QED) is 0.0509. The summed E-state index contributed by atoms with van der Waals surface area (Å²) >= 11 is 0. The van der Waals surface area contributed by atoms with Crippen molar-refractivity contribution in [2.75, 3.05) is 49.8 Å². The number of aliphatic hydroxyl groups excluding tert-OH is 2. The Morgan fingerprint density at radius 2 is 1.79 bits per heavy atom. The molecule has 2 unspecified atom stereocenters. The number of nitrogens with one attached hydrogen (secondary N) is 1. The largest absolute Gasteiger partial charge is 0.494 e. The Kier molecular flexibility index (Phi) is 14.5. The third-order valence-corrected chi connectivity index (χ3v) is 15.4. The maximum Gasteiger partial charge on any atom is 0.305 e. The predicted octanol–water partition coefficient (Wildman–Crippen LogP) is 5.33. The minimum atomic E-state index is -3.04. The van der Waals surface area contributed by atoms with Crippen LogP contribution < -0.4 is 19.9 Å². The van der Waals surface area contributed by atoms with E-state index in [4.69, 9.17) is 14.2 Å². The fourth-order valence-electron chi connectivity index (χ4n) is 9.96. The highest BCUT2D eigenvalue weighted by atomic mass is 28.4. The molecule has 1 fully saturated rings. The zero-order valence-electron chi connectivity index (χ0n) is 37.0. The fourth-order valence-corrected chi connectivity index (χ4v) is 12.6. The summed E-state index contributed by atoms with van der Waals surface area (Å²) in [5.41, 5.74) is 3.24. The molecule has 4 aromatic rings. The molecule has 1 spiro atoms. The van der Waals surface area contributed by atoms with Crippen LogP contribution in [0.1, 0.15) is 80.7 Å². The van der Waals surface area contributed by atoms with Gasteiger partial charge < -0.3 is 39.4 Å². The number of esters is 1. The van der Waals surface area contributed by atoms with Crippen molar-refractivity contribution in [2.24, 2.45) is 5.92 Å². The Hall–Kier alpha value is -4.97. The molecule has 16 heteroatoms. The van der Waals surface area contributed by atoms with Crippen LogP contribution in [-0.2, 0) is 42.4 Å². The number of rotatable bonds is 20. The molecule has 15 nitrogen and oxygen atoms in total. The van der Waals surface area contributed by atoms with Crippen LogP contribution in [0.3, 0.4) is 0 Å². The zero-order chi connectivity index (χ0) is 44.9. The first kappa shape index (κ1) is 46.0. The molecule has 0 saturated carbocycles. The SMILES string of the molecule is CCOc1ccc2c(c1)CC(NCCCCO)C(=O)N2c1ccc2c(c1)[C@@]1(O[C@H](CCn3cc(C(CO)c4ccccc4)nn3)[C@@H]([Si](C)(C)O)[C@@H]1C)C(=O)N2CCCCC(=O)OC. The van der Waals surface area contributed by atoms with Gasteiger partial charge in [0, 0.05) is 55.0 Å². The lowest BCUT2D eigenvalue weighted by molar-refractivity contribution is -0.146. The van der Waals surface area contributed by atoms with E-state index in [2.05, 4.69) is 15.6 Å². The minimum absolute atomic E-state index is 0.0736. The highest BCUT2D eigenvalue weighted by Gasteiger charge is 2.66. The standard InChI is InChI=1S/C47H62N6O9Si/c1-6-61-35-18-20-40-33(26-35)27-38(48-22-11-13-25-54)45(57)53(40)34-17-19-41-37(28-34)47(46(58)52(41)23-12-10-16-43(56)60-3)31(2)44(63(4,5)59)42(62-47)21-24-51-29-39(49-50-51)36(30-55)32-14-8-7-9-15-32/h7-9,14-15,17-20,26,28-29,31,36,38,42,44,48,54-55,59H,6,10-13,16,21-25,27,30H2,1-5H3/t31-,36?,38?,42+,44-,47+/m0/s1. The number of aromatic nitrogens is 3. The summed E-state index contributed by atoms with van der Waals surface area (Å²) in [6.07, 6.45) is 4.79. The third-order valence-electron chi connectivity index (χ3n) is 12.9. The number of anilines is 3. The van der Waals surface area contributed by atoms with Crippen LogP contribution in [0.5, 0.6) is 5.75 Å². The maximum absolute atomic E-state index is 15.3. The van der Waals surface area contributed by atoms with Gasteiger partial charge in [0.25, 0.3) is 5.91 Å². The van der Waals surface area contributed by atoms with E-state index in [1.165, 1.54) is 7.11 Å². The number of unbranched alkanes of at least 4 members (excludes halogenated alkanes) is 2. The van der Waals surface area contributed by atoms with Gasteiger partial charge in [0.2, 0.25) is 5.91 Å². The number of hydrogen-bond donors (Lipinski definition) is 4. The molecule has 4 heterocycles. The van der Waals surface area contributed by atoms with Crippen molar-refractivity contribution in [3.8, 4) is 5.75 Å². The summed E-state index contributed by atoms with van der Waals surface area (Å²) in [7, 11) is -1.68. The number of fused-ring (bicyclic) bond motifs is 3. The molecule has 0 radical (unpaired) electrons. The zero-order valence-corrected chi connectivity index (χ0v) is 38.0. The maximum atomic E-state index is 15.3. The summed E-state index contributed by atoms with van der Waals surface area (Å²) in [6, 6.07) is 20.5. The summed E-state index contributed by atoms with van der Waals surface area (Å²) < 4.78 is 19.7. The summed E-state index contributed by atoms with van der Waals surface area (Å²) in [4.78, 5) is 57.4. The normalized spacial score (nSPS) is 22.4. The van der Waals surface area contributed by atoms with Gasteiger partial charge in [-0.3, -0.25) is 24.0 Å². The number of aliphatic hydroxyl groups is 2. The number of methoxy groups -OCH3 is 1. The second-order valence-corrected chi connectivity index (χ2v) is 21.4. The van der Waals surface area contributed by atoms with E-state index < -0.39 is 32.0 Å². The molecule has 7 rings (SSSR count). The number of carbonyl (C=O) groups is 3. The fraction of sp³-hybridized carbons (Fsp3) is 0.511. The lowest BCUT2D eigenvalue weighted by Gasteiger charge is -2.36. The Labute approximate surface area is 370 Å². The molecular weight excluding hydrogens is 821 g/mol. The second kappa shape index (κ2) is 19.8. The van der Waals surface area contributed by atoms with Gasteiger partial charge in [0.15, 0.2) is 13.9 Å². The number of amides is 2. The monoisotopic (exact) mass is 882 g/mol. The van der Waals surface area contributed by atoms with Crippen LogP contribution in [-0.4, -0.2) is 108 Å². The lowest BCUT2D eigenvalue weighted by Crippen LogP contribution is -2.49. The number of nitrogens with zero attached hydrogens (tertiary/aromatic N) is 5. The molecule has 2 amide bonds.